The first-order valence-corrected chi connectivity index (χ1v) is 6.94. The summed E-state index contributed by atoms with van der Waals surface area (Å²) in [5.74, 6) is -0.247. The summed E-state index contributed by atoms with van der Waals surface area (Å²) in [5.41, 5.74) is 1.41. The molecule has 3 nitrogen and oxygen atoms in total. The third-order valence-electron chi connectivity index (χ3n) is 3.06. The van der Waals surface area contributed by atoms with E-state index in [1.165, 1.54) is 0 Å². The van der Waals surface area contributed by atoms with Crippen LogP contribution in [0.25, 0.3) is 0 Å². The van der Waals surface area contributed by atoms with Gasteiger partial charge in [0.1, 0.15) is 6.61 Å². The van der Waals surface area contributed by atoms with Gasteiger partial charge in [-0.05, 0) is 45.4 Å². The van der Waals surface area contributed by atoms with Gasteiger partial charge >= 0.3 is 5.97 Å². The van der Waals surface area contributed by atoms with E-state index < -0.39 is 0 Å². The zero-order chi connectivity index (χ0) is 14.3. The minimum absolute atomic E-state index is 0.187. The lowest BCUT2D eigenvalue weighted by Crippen LogP contribution is -2.44. The molecule has 0 aliphatic carbocycles. The average Bonchev–Trinajstić information content (AvgIpc) is 2.37. The molecule has 0 aromatic heterocycles. The maximum absolute atomic E-state index is 12.0. The van der Waals surface area contributed by atoms with Crippen LogP contribution in [0.2, 0.25) is 0 Å². The van der Waals surface area contributed by atoms with Crippen LogP contribution in [-0.4, -0.2) is 24.7 Å². The van der Waals surface area contributed by atoms with Gasteiger partial charge in [0.2, 0.25) is 0 Å². The summed E-state index contributed by atoms with van der Waals surface area (Å²) >= 11 is 0. The van der Waals surface area contributed by atoms with Crippen molar-refractivity contribution in [3.05, 3.63) is 35.4 Å². The maximum atomic E-state index is 12.0. The van der Waals surface area contributed by atoms with Crippen LogP contribution in [-0.2, 0) is 4.74 Å². The minimum atomic E-state index is -0.247. The number of ether oxygens (including phenoxy) is 1. The predicted octanol–water partition coefficient (Wildman–Crippen LogP) is 3.32. The van der Waals surface area contributed by atoms with Gasteiger partial charge in [-0.3, -0.25) is 0 Å². The molecule has 0 heterocycles. The van der Waals surface area contributed by atoms with E-state index in [4.69, 9.17) is 4.74 Å². The fourth-order valence-corrected chi connectivity index (χ4v) is 1.78. The molecule has 0 spiro atoms. The number of unbranched alkanes of at least 4 members (excludes halogenated alkanes) is 1. The van der Waals surface area contributed by atoms with Crippen molar-refractivity contribution in [1.29, 1.82) is 0 Å². The zero-order valence-corrected chi connectivity index (χ0v) is 12.5. The molecule has 0 unspecified atom stereocenters. The Labute approximate surface area is 116 Å². The maximum Gasteiger partial charge on any atom is 0.338 e. The molecule has 1 aromatic carbocycles. The quantitative estimate of drug-likeness (QED) is 0.606. The summed E-state index contributed by atoms with van der Waals surface area (Å²) in [5, 5.41) is 3.40. The van der Waals surface area contributed by atoms with Crippen molar-refractivity contribution < 1.29 is 9.53 Å². The van der Waals surface area contributed by atoms with Gasteiger partial charge in [-0.1, -0.05) is 31.5 Å². The number of esters is 1. The summed E-state index contributed by atoms with van der Waals surface area (Å²) < 4.78 is 5.40. The SMILES string of the molecule is CCCCNC(C)(C)COC(=O)c1ccccc1C. The van der Waals surface area contributed by atoms with Gasteiger partial charge in [0.25, 0.3) is 0 Å². The lowest BCUT2D eigenvalue weighted by Gasteiger charge is -2.26. The normalized spacial score (nSPS) is 11.4. The summed E-state index contributed by atoms with van der Waals surface area (Å²) in [6, 6.07) is 7.49. The molecule has 1 N–H and O–H groups in total. The van der Waals surface area contributed by atoms with Crippen molar-refractivity contribution in [3.63, 3.8) is 0 Å². The van der Waals surface area contributed by atoms with E-state index in [-0.39, 0.29) is 11.5 Å². The van der Waals surface area contributed by atoms with Crippen LogP contribution >= 0.6 is 0 Å². The largest absolute Gasteiger partial charge is 0.460 e. The molecule has 106 valence electrons. The Morgan fingerprint density at radius 1 is 1.32 bits per heavy atom. The number of hydrogen-bond acceptors (Lipinski definition) is 3. The molecule has 0 aliphatic heterocycles. The highest BCUT2D eigenvalue weighted by Gasteiger charge is 2.20. The summed E-state index contributed by atoms with van der Waals surface area (Å²) in [4.78, 5) is 12.0. The molecule has 3 heteroatoms. The minimum Gasteiger partial charge on any atom is -0.460 e. The van der Waals surface area contributed by atoms with Crippen LogP contribution in [0.15, 0.2) is 24.3 Å². The van der Waals surface area contributed by atoms with E-state index in [2.05, 4.69) is 12.2 Å². The monoisotopic (exact) mass is 263 g/mol. The van der Waals surface area contributed by atoms with E-state index in [9.17, 15) is 4.79 Å². The van der Waals surface area contributed by atoms with Crippen LogP contribution in [0, 0.1) is 6.92 Å². The van der Waals surface area contributed by atoms with Crippen molar-refractivity contribution in [3.8, 4) is 0 Å². The van der Waals surface area contributed by atoms with Crippen molar-refractivity contribution in [2.45, 2.75) is 46.1 Å². The van der Waals surface area contributed by atoms with E-state index in [0.29, 0.717) is 12.2 Å². The van der Waals surface area contributed by atoms with Crippen LogP contribution in [0.5, 0.6) is 0 Å². The van der Waals surface area contributed by atoms with E-state index in [0.717, 1.165) is 24.9 Å². The Hall–Kier alpha value is -1.35. The number of benzene rings is 1. The number of carbonyl (C=O) groups is 1. The molecule has 0 saturated carbocycles. The van der Waals surface area contributed by atoms with Gasteiger partial charge in [-0.2, -0.15) is 0 Å². The van der Waals surface area contributed by atoms with Crippen molar-refractivity contribution >= 4 is 5.97 Å². The Balaban J connectivity index is 2.47. The second-order valence-electron chi connectivity index (χ2n) is 5.56. The molecule has 19 heavy (non-hydrogen) atoms. The standard InChI is InChI=1S/C16H25NO2/c1-5-6-11-17-16(3,4)12-19-15(18)14-10-8-7-9-13(14)2/h7-10,17H,5-6,11-12H2,1-4H3. The lowest BCUT2D eigenvalue weighted by atomic mass is 10.1. The molecule has 0 amide bonds. The molecular weight excluding hydrogens is 238 g/mol. The van der Waals surface area contributed by atoms with Gasteiger partial charge in [0, 0.05) is 5.54 Å². The third kappa shape index (κ3) is 5.43. The van der Waals surface area contributed by atoms with Crippen molar-refractivity contribution in [2.24, 2.45) is 0 Å². The first-order valence-electron chi connectivity index (χ1n) is 6.94. The van der Waals surface area contributed by atoms with Crippen LogP contribution in [0.4, 0.5) is 0 Å². The molecule has 0 fully saturated rings. The van der Waals surface area contributed by atoms with E-state index in [1.54, 1.807) is 6.07 Å². The summed E-state index contributed by atoms with van der Waals surface area (Å²) in [6.45, 7) is 9.50. The molecule has 0 atom stereocenters. The summed E-state index contributed by atoms with van der Waals surface area (Å²) in [6.07, 6.45) is 2.29. The first kappa shape index (κ1) is 15.7. The Bertz CT molecular complexity index is 413. The predicted molar refractivity (Wildman–Crippen MR) is 78.5 cm³/mol. The second-order valence-corrected chi connectivity index (χ2v) is 5.56. The number of rotatable bonds is 7. The van der Waals surface area contributed by atoms with Crippen LogP contribution in [0.3, 0.4) is 0 Å². The number of aryl methyl sites for hydroxylation is 1. The van der Waals surface area contributed by atoms with Gasteiger partial charge < -0.3 is 10.1 Å². The van der Waals surface area contributed by atoms with Crippen LogP contribution < -0.4 is 5.32 Å². The summed E-state index contributed by atoms with van der Waals surface area (Å²) in [7, 11) is 0. The smallest absolute Gasteiger partial charge is 0.338 e. The lowest BCUT2D eigenvalue weighted by molar-refractivity contribution is 0.0400. The Morgan fingerprint density at radius 2 is 2.00 bits per heavy atom. The molecule has 0 saturated heterocycles. The molecular formula is C16H25NO2. The average molecular weight is 263 g/mol. The zero-order valence-electron chi connectivity index (χ0n) is 12.5. The fraction of sp³-hybridized carbons (Fsp3) is 0.562. The van der Waals surface area contributed by atoms with Gasteiger partial charge in [-0.15, -0.1) is 0 Å². The molecule has 1 rings (SSSR count). The van der Waals surface area contributed by atoms with Crippen molar-refractivity contribution in [1.82, 2.24) is 5.32 Å². The van der Waals surface area contributed by atoms with Gasteiger partial charge in [-0.25, -0.2) is 4.79 Å². The molecule has 0 aliphatic rings. The van der Waals surface area contributed by atoms with Crippen LogP contribution in [0.1, 0.15) is 49.5 Å². The van der Waals surface area contributed by atoms with E-state index in [1.807, 2.05) is 39.0 Å². The van der Waals surface area contributed by atoms with Crippen molar-refractivity contribution in [2.75, 3.05) is 13.2 Å². The van der Waals surface area contributed by atoms with E-state index >= 15 is 0 Å². The number of carbonyl (C=O) groups excluding carboxylic acids is 1. The third-order valence-corrected chi connectivity index (χ3v) is 3.06. The topological polar surface area (TPSA) is 38.3 Å². The number of nitrogens with one attached hydrogen (secondary N) is 1. The highest BCUT2D eigenvalue weighted by Crippen LogP contribution is 2.11. The van der Waals surface area contributed by atoms with Gasteiger partial charge in [0.05, 0.1) is 5.56 Å². The first-order chi connectivity index (χ1) is 8.96. The highest BCUT2D eigenvalue weighted by molar-refractivity contribution is 5.90. The fourth-order valence-electron chi connectivity index (χ4n) is 1.78. The highest BCUT2D eigenvalue weighted by atomic mass is 16.5. The molecule has 0 bridgehead atoms. The second kappa shape index (κ2) is 7.29. The molecule has 1 aromatic rings. The van der Waals surface area contributed by atoms with Gasteiger partial charge in [0.15, 0.2) is 0 Å². The Morgan fingerprint density at radius 3 is 2.63 bits per heavy atom. The molecule has 0 radical (unpaired) electrons. The Kier molecular flexibility index (Phi) is 6.03. The number of hydrogen-bond donors (Lipinski definition) is 1.